The minimum Gasteiger partial charge on any atom is -0.461 e. The van der Waals surface area contributed by atoms with Gasteiger partial charge in [-0.15, -0.1) is 5.10 Å². The molecule has 192 valence electrons. The normalized spacial score (nSPS) is 11.7. The number of anilines is 2. The van der Waals surface area contributed by atoms with Crippen LogP contribution in [0.5, 0.6) is 0 Å². The summed E-state index contributed by atoms with van der Waals surface area (Å²) >= 11 is 0. The molecule has 0 aliphatic heterocycles. The van der Waals surface area contributed by atoms with E-state index in [1.54, 1.807) is 4.68 Å². The molecule has 0 aliphatic carbocycles. The van der Waals surface area contributed by atoms with E-state index >= 15 is 0 Å². The highest BCUT2D eigenvalue weighted by molar-refractivity contribution is 5.89. The van der Waals surface area contributed by atoms with Crippen LogP contribution in [0.25, 0.3) is 11.2 Å². The number of nitrogens with one attached hydrogen (secondary N) is 1. The van der Waals surface area contributed by atoms with Gasteiger partial charge < -0.3 is 20.5 Å². The number of esters is 2. The molecule has 37 heavy (non-hydrogen) atoms. The molecule has 0 radical (unpaired) electrons. The maximum absolute atomic E-state index is 13.1. The molecule has 0 saturated heterocycles. The second-order valence-electron chi connectivity index (χ2n) is 8.41. The molecule has 1 atom stereocenters. The summed E-state index contributed by atoms with van der Waals surface area (Å²) < 4.78 is 12.5. The summed E-state index contributed by atoms with van der Waals surface area (Å²) in [4.78, 5) is 34.3. The molecule has 0 aliphatic rings. The van der Waals surface area contributed by atoms with Crippen LogP contribution in [0.15, 0.2) is 60.7 Å². The highest BCUT2D eigenvalue weighted by atomic mass is 16.5. The number of ether oxygens (including phenoxy) is 2. The molecule has 4 rings (SSSR count). The van der Waals surface area contributed by atoms with Crippen molar-refractivity contribution >= 4 is 34.9 Å². The first-order valence-corrected chi connectivity index (χ1v) is 12.1. The standard InChI is InChI=1S/C26H29N7O4/c1-2-3-14-33-24-22(31-32-33)23(29-26(27)30-24)28-20(25(35)37-17-19-12-8-5-9-13-19)15-21(34)36-16-18-10-6-4-7-11-18/h4-13,20H,2-3,14-17H2,1H3,(H3,27,28,29,30)/t20-/m0/s1. The van der Waals surface area contributed by atoms with Crippen molar-refractivity contribution in [3.05, 3.63) is 71.8 Å². The van der Waals surface area contributed by atoms with E-state index in [9.17, 15) is 9.59 Å². The van der Waals surface area contributed by atoms with Gasteiger partial charge in [-0.25, -0.2) is 9.48 Å². The molecule has 0 amide bonds. The summed E-state index contributed by atoms with van der Waals surface area (Å²) in [5.41, 5.74) is 8.36. The number of nitrogens with two attached hydrogens (primary N) is 1. The molecule has 0 fully saturated rings. The summed E-state index contributed by atoms with van der Waals surface area (Å²) in [6, 6.07) is 17.4. The zero-order chi connectivity index (χ0) is 26.0. The molecular weight excluding hydrogens is 474 g/mol. The van der Waals surface area contributed by atoms with Crippen LogP contribution < -0.4 is 11.1 Å². The Morgan fingerprint density at radius 3 is 2.27 bits per heavy atom. The number of unbranched alkanes of at least 4 members (excludes halogenated alkanes) is 1. The Morgan fingerprint density at radius 2 is 1.62 bits per heavy atom. The minimum atomic E-state index is -1.11. The van der Waals surface area contributed by atoms with E-state index in [1.165, 1.54) is 0 Å². The van der Waals surface area contributed by atoms with Gasteiger partial charge in [0.05, 0.1) is 6.42 Å². The van der Waals surface area contributed by atoms with Gasteiger partial charge in [-0.1, -0.05) is 79.2 Å². The molecule has 0 saturated carbocycles. The Morgan fingerprint density at radius 1 is 0.973 bits per heavy atom. The molecule has 3 N–H and O–H groups in total. The number of hydrogen-bond donors (Lipinski definition) is 2. The van der Waals surface area contributed by atoms with E-state index in [1.807, 2.05) is 60.7 Å². The highest BCUT2D eigenvalue weighted by Crippen LogP contribution is 2.21. The molecule has 11 nitrogen and oxygen atoms in total. The van der Waals surface area contributed by atoms with Gasteiger partial charge >= 0.3 is 11.9 Å². The third kappa shape index (κ3) is 7.00. The number of hydrogen-bond acceptors (Lipinski definition) is 10. The topological polar surface area (TPSA) is 147 Å². The Hall–Kier alpha value is -4.54. The van der Waals surface area contributed by atoms with E-state index < -0.39 is 18.0 Å². The van der Waals surface area contributed by atoms with Crippen molar-refractivity contribution in [2.45, 2.75) is 52.0 Å². The SMILES string of the molecule is CCCCn1nnc2c(N[C@@H](CC(=O)OCc3ccccc3)C(=O)OCc3ccccc3)nc(N)nc21. The van der Waals surface area contributed by atoms with Crippen molar-refractivity contribution in [1.29, 1.82) is 0 Å². The van der Waals surface area contributed by atoms with Crippen molar-refractivity contribution in [3.63, 3.8) is 0 Å². The number of carbonyl (C=O) groups is 2. The zero-order valence-electron chi connectivity index (χ0n) is 20.5. The zero-order valence-corrected chi connectivity index (χ0v) is 20.5. The van der Waals surface area contributed by atoms with Crippen LogP contribution in [-0.2, 0) is 38.8 Å². The van der Waals surface area contributed by atoms with Gasteiger partial charge in [0, 0.05) is 6.54 Å². The number of nitrogen functional groups attached to an aromatic ring is 1. The number of carbonyl (C=O) groups excluding carboxylic acids is 2. The van der Waals surface area contributed by atoms with Crippen LogP contribution in [0.4, 0.5) is 11.8 Å². The smallest absolute Gasteiger partial charge is 0.329 e. The van der Waals surface area contributed by atoms with Gasteiger partial charge in [-0.2, -0.15) is 9.97 Å². The maximum Gasteiger partial charge on any atom is 0.329 e. The number of nitrogens with zero attached hydrogens (tertiary/aromatic N) is 5. The number of aryl methyl sites for hydroxylation is 1. The summed E-state index contributed by atoms with van der Waals surface area (Å²) in [6.45, 7) is 2.81. The second-order valence-corrected chi connectivity index (χ2v) is 8.41. The van der Waals surface area contributed by atoms with Crippen LogP contribution in [0.1, 0.15) is 37.3 Å². The minimum absolute atomic E-state index is 0.0156. The quantitative estimate of drug-likeness (QED) is 0.276. The first kappa shape index (κ1) is 25.5. The monoisotopic (exact) mass is 503 g/mol. The first-order chi connectivity index (χ1) is 18.0. The maximum atomic E-state index is 13.1. The van der Waals surface area contributed by atoms with E-state index in [0.717, 1.165) is 24.0 Å². The lowest BCUT2D eigenvalue weighted by molar-refractivity contribution is -0.152. The molecule has 2 heterocycles. The molecular formula is C26H29N7O4. The third-order valence-corrected chi connectivity index (χ3v) is 5.54. The predicted molar refractivity (Wildman–Crippen MR) is 137 cm³/mol. The fourth-order valence-corrected chi connectivity index (χ4v) is 3.58. The number of aromatic nitrogens is 5. The molecule has 11 heteroatoms. The van der Waals surface area contributed by atoms with E-state index in [4.69, 9.17) is 15.2 Å². The van der Waals surface area contributed by atoms with E-state index in [0.29, 0.717) is 17.7 Å². The second kappa shape index (κ2) is 12.4. The van der Waals surface area contributed by atoms with Gasteiger partial charge in [0.1, 0.15) is 19.3 Å². The summed E-state index contributed by atoms with van der Waals surface area (Å²) in [5, 5.41) is 11.3. The van der Waals surface area contributed by atoms with Crippen LogP contribution in [-0.4, -0.2) is 42.9 Å². The lowest BCUT2D eigenvalue weighted by Crippen LogP contribution is -2.34. The van der Waals surface area contributed by atoms with E-state index in [2.05, 4.69) is 32.5 Å². The summed E-state index contributed by atoms with van der Waals surface area (Å²) in [7, 11) is 0. The van der Waals surface area contributed by atoms with Crippen LogP contribution in [0.2, 0.25) is 0 Å². The Bertz CT molecular complexity index is 1330. The first-order valence-electron chi connectivity index (χ1n) is 12.1. The van der Waals surface area contributed by atoms with Crippen molar-refractivity contribution < 1.29 is 19.1 Å². The summed E-state index contributed by atoms with van der Waals surface area (Å²) in [5.74, 6) is -1.06. The molecule has 0 spiro atoms. The fourth-order valence-electron chi connectivity index (χ4n) is 3.58. The number of rotatable bonds is 12. The molecule has 2 aromatic heterocycles. The Kier molecular flexibility index (Phi) is 8.58. The molecule has 0 bridgehead atoms. The summed E-state index contributed by atoms with van der Waals surface area (Å²) in [6.07, 6.45) is 1.55. The highest BCUT2D eigenvalue weighted by Gasteiger charge is 2.27. The molecule has 2 aromatic carbocycles. The lowest BCUT2D eigenvalue weighted by Gasteiger charge is -2.18. The average Bonchev–Trinajstić information content (AvgIpc) is 3.32. The Labute approximate surface area is 214 Å². The van der Waals surface area contributed by atoms with Crippen molar-refractivity contribution in [2.75, 3.05) is 11.1 Å². The van der Waals surface area contributed by atoms with Crippen molar-refractivity contribution in [1.82, 2.24) is 25.0 Å². The molecule has 4 aromatic rings. The van der Waals surface area contributed by atoms with Crippen LogP contribution in [0.3, 0.4) is 0 Å². The van der Waals surface area contributed by atoms with Crippen LogP contribution in [0, 0.1) is 0 Å². The van der Waals surface area contributed by atoms with Gasteiger partial charge in [0.25, 0.3) is 0 Å². The third-order valence-electron chi connectivity index (χ3n) is 5.54. The number of benzene rings is 2. The van der Waals surface area contributed by atoms with Crippen molar-refractivity contribution in [2.24, 2.45) is 0 Å². The lowest BCUT2D eigenvalue weighted by atomic mass is 10.2. The average molecular weight is 504 g/mol. The number of fused-ring (bicyclic) bond motifs is 1. The van der Waals surface area contributed by atoms with Gasteiger partial charge in [-0.05, 0) is 17.5 Å². The predicted octanol–water partition coefficient (Wildman–Crippen LogP) is 3.26. The Balaban J connectivity index is 1.53. The van der Waals surface area contributed by atoms with Crippen molar-refractivity contribution in [3.8, 4) is 0 Å². The van der Waals surface area contributed by atoms with Crippen LogP contribution >= 0.6 is 0 Å². The fraction of sp³-hybridized carbons (Fsp3) is 0.308. The van der Waals surface area contributed by atoms with Gasteiger partial charge in [-0.3, -0.25) is 4.79 Å². The molecule has 0 unspecified atom stereocenters. The largest absolute Gasteiger partial charge is 0.461 e. The van der Waals surface area contributed by atoms with E-state index in [-0.39, 0.29) is 31.4 Å². The van der Waals surface area contributed by atoms with Gasteiger partial charge in [0.2, 0.25) is 5.95 Å². The van der Waals surface area contributed by atoms with Gasteiger partial charge in [0.15, 0.2) is 17.0 Å².